The molecule has 0 atom stereocenters. The summed E-state index contributed by atoms with van der Waals surface area (Å²) in [6, 6.07) is 0.830. The number of unbranched alkanes of at least 4 members (excludes halogenated alkanes) is 38. The average Bonchev–Trinajstić information content (AvgIpc) is 3.11. The Morgan fingerprint density at radius 2 is 0.408 bits per heavy atom. The monoisotopic (exact) mass is 690 g/mol. The third-order valence-electron chi connectivity index (χ3n) is 11.9. The van der Waals surface area contributed by atoms with Crippen LogP contribution in [0.15, 0.2) is 0 Å². The maximum atomic E-state index is 2.64. The first-order chi connectivity index (χ1) is 24.3. The number of hydrogen-bond donors (Lipinski definition) is 0. The summed E-state index contributed by atoms with van der Waals surface area (Å²) in [6.07, 6.45) is 61.8. The van der Waals surface area contributed by atoms with E-state index >= 15 is 0 Å². The molecule has 1 nitrogen and oxygen atoms in total. The maximum absolute atomic E-state index is 2.64. The van der Waals surface area contributed by atoms with Gasteiger partial charge in [-0.15, -0.1) is 0 Å². The molecule has 0 bridgehead atoms. The summed E-state index contributed by atoms with van der Waals surface area (Å²) < 4.78 is 0. The second kappa shape index (κ2) is 44.1. The van der Waals surface area contributed by atoms with Gasteiger partial charge < -0.3 is 4.90 Å². The highest BCUT2D eigenvalue weighted by atomic mass is 15.1. The first kappa shape index (κ1) is 49.0. The van der Waals surface area contributed by atoms with Crippen molar-refractivity contribution in [3.8, 4) is 0 Å². The zero-order valence-electron chi connectivity index (χ0n) is 35.4. The van der Waals surface area contributed by atoms with Gasteiger partial charge in [0.15, 0.2) is 0 Å². The fourth-order valence-corrected chi connectivity index (χ4v) is 8.11. The molecule has 0 aliphatic heterocycles. The van der Waals surface area contributed by atoms with Gasteiger partial charge in [0.2, 0.25) is 0 Å². The van der Waals surface area contributed by atoms with Crippen LogP contribution in [0.3, 0.4) is 0 Å². The Kier molecular flexibility index (Phi) is 44.1. The van der Waals surface area contributed by atoms with E-state index in [2.05, 4.69) is 32.7 Å². The summed E-state index contributed by atoms with van der Waals surface area (Å²) >= 11 is 0. The lowest BCUT2D eigenvalue weighted by molar-refractivity contribution is 0.219. The number of rotatable bonds is 44. The van der Waals surface area contributed by atoms with E-state index in [1.807, 2.05) is 0 Å². The molecule has 0 aliphatic carbocycles. The zero-order chi connectivity index (χ0) is 35.6. The molecule has 0 aromatic rings. The topological polar surface area (TPSA) is 3.24 Å². The third kappa shape index (κ3) is 40.6. The van der Waals surface area contributed by atoms with Gasteiger partial charge in [-0.2, -0.15) is 0 Å². The fraction of sp³-hybridized carbons (Fsp3) is 1.00. The summed E-state index contributed by atoms with van der Waals surface area (Å²) in [5.41, 5.74) is 0. The van der Waals surface area contributed by atoms with Crippen LogP contribution in [0.4, 0.5) is 0 Å². The van der Waals surface area contributed by atoms with E-state index in [1.165, 1.54) is 276 Å². The smallest absolute Gasteiger partial charge is 0.00920 e. The Morgan fingerprint density at radius 3 is 0.571 bits per heavy atom. The van der Waals surface area contributed by atoms with Crippen LogP contribution >= 0.6 is 0 Å². The molecular formula is C48H99N. The molecule has 0 aromatic carbocycles. The third-order valence-corrected chi connectivity index (χ3v) is 11.9. The molecule has 1 heteroatoms. The molecule has 0 unspecified atom stereocenters. The predicted molar refractivity (Wildman–Crippen MR) is 227 cm³/mol. The molecule has 0 amide bonds. The van der Waals surface area contributed by atoms with Crippen molar-refractivity contribution in [2.45, 2.75) is 296 Å². The molecule has 0 radical (unpaired) electrons. The summed E-state index contributed by atoms with van der Waals surface area (Å²) in [6.45, 7) is 8.18. The van der Waals surface area contributed by atoms with E-state index in [0.717, 1.165) is 6.04 Å². The first-order valence-electron chi connectivity index (χ1n) is 24.0. The van der Waals surface area contributed by atoms with Crippen molar-refractivity contribution in [1.82, 2.24) is 4.90 Å². The average molecular weight is 690 g/mol. The molecule has 0 heterocycles. The van der Waals surface area contributed by atoms with Gasteiger partial charge in [-0.05, 0) is 26.4 Å². The lowest BCUT2D eigenvalue weighted by Gasteiger charge is -2.27. The van der Waals surface area contributed by atoms with E-state index in [4.69, 9.17) is 0 Å². The number of hydrogen-bond acceptors (Lipinski definition) is 1. The highest BCUT2D eigenvalue weighted by Crippen LogP contribution is 2.20. The van der Waals surface area contributed by atoms with Crippen molar-refractivity contribution < 1.29 is 0 Å². The van der Waals surface area contributed by atoms with Gasteiger partial charge in [0.1, 0.15) is 0 Å². The van der Waals surface area contributed by atoms with E-state index < -0.39 is 0 Å². The standard InChI is InChI=1S/C48H99N/c1-5-8-10-12-14-16-18-20-22-24-26-28-30-32-34-36-38-40-42-44-46-48(49(4)7-3)47-45-43-41-39-37-35-33-31-29-27-25-23-21-19-17-15-13-11-9-6-2/h48H,5-47H2,1-4H3. The van der Waals surface area contributed by atoms with Crippen molar-refractivity contribution in [3.05, 3.63) is 0 Å². The van der Waals surface area contributed by atoms with Crippen molar-refractivity contribution in [3.63, 3.8) is 0 Å². The Hall–Kier alpha value is -0.0400. The minimum Gasteiger partial charge on any atom is -0.304 e. The molecular weight excluding hydrogens is 591 g/mol. The van der Waals surface area contributed by atoms with E-state index in [0.29, 0.717) is 0 Å². The van der Waals surface area contributed by atoms with Gasteiger partial charge in [0, 0.05) is 6.04 Å². The molecule has 296 valence electrons. The summed E-state index contributed by atoms with van der Waals surface area (Å²) in [4.78, 5) is 2.64. The van der Waals surface area contributed by atoms with Crippen LogP contribution in [0.5, 0.6) is 0 Å². The molecule has 0 N–H and O–H groups in total. The Bertz CT molecular complexity index is 513. The Labute approximate surface area is 314 Å². The van der Waals surface area contributed by atoms with E-state index in [1.54, 1.807) is 0 Å². The quantitative estimate of drug-likeness (QED) is 0.0576. The SMILES string of the molecule is CCCCCCCCCCCCCCCCCCCCCCC(CCCCCCCCCCCCCCCCCCCCCC)N(C)CC. The van der Waals surface area contributed by atoms with Crippen LogP contribution in [-0.4, -0.2) is 24.5 Å². The highest BCUT2D eigenvalue weighted by Gasteiger charge is 2.12. The zero-order valence-corrected chi connectivity index (χ0v) is 35.4. The first-order valence-corrected chi connectivity index (χ1v) is 24.0. The summed E-state index contributed by atoms with van der Waals surface area (Å²) in [5, 5.41) is 0. The predicted octanol–water partition coefficient (Wildman–Crippen LogP) is 17.7. The lowest BCUT2D eigenvalue weighted by Crippen LogP contribution is -2.31. The van der Waals surface area contributed by atoms with Gasteiger partial charge in [-0.1, -0.05) is 278 Å². The molecule has 49 heavy (non-hydrogen) atoms. The Morgan fingerprint density at radius 1 is 0.245 bits per heavy atom. The fourth-order valence-electron chi connectivity index (χ4n) is 8.11. The van der Waals surface area contributed by atoms with E-state index in [9.17, 15) is 0 Å². The molecule has 0 saturated carbocycles. The van der Waals surface area contributed by atoms with Crippen LogP contribution in [0, 0.1) is 0 Å². The molecule has 0 rings (SSSR count). The highest BCUT2D eigenvalue weighted by molar-refractivity contribution is 4.69. The molecule has 0 spiro atoms. The molecule has 0 fully saturated rings. The van der Waals surface area contributed by atoms with Gasteiger partial charge in [0.25, 0.3) is 0 Å². The minimum absolute atomic E-state index is 0.830. The van der Waals surface area contributed by atoms with E-state index in [-0.39, 0.29) is 0 Å². The largest absolute Gasteiger partial charge is 0.304 e. The molecule has 0 saturated heterocycles. The lowest BCUT2D eigenvalue weighted by atomic mass is 9.98. The molecule has 0 aromatic heterocycles. The van der Waals surface area contributed by atoms with Crippen LogP contribution in [0.1, 0.15) is 290 Å². The van der Waals surface area contributed by atoms with Gasteiger partial charge in [0.05, 0.1) is 0 Å². The summed E-state index contributed by atoms with van der Waals surface area (Å²) in [7, 11) is 2.37. The van der Waals surface area contributed by atoms with Crippen molar-refractivity contribution in [2.75, 3.05) is 13.6 Å². The second-order valence-electron chi connectivity index (χ2n) is 16.7. The van der Waals surface area contributed by atoms with Crippen LogP contribution < -0.4 is 0 Å². The second-order valence-corrected chi connectivity index (χ2v) is 16.7. The summed E-state index contributed by atoms with van der Waals surface area (Å²) in [5.74, 6) is 0. The molecule has 0 aliphatic rings. The van der Waals surface area contributed by atoms with Crippen LogP contribution in [-0.2, 0) is 0 Å². The van der Waals surface area contributed by atoms with Crippen LogP contribution in [0.25, 0.3) is 0 Å². The van der Waals surface area contributed by atoms with Gasteiger partial charge in [-0.25, -0.2) is 0 Å². The van der Waals surface area contributed by atoms with Crippen molar-refractivity contribution in [1.29, 1.82) is 0 Å². The Balaban J connectivity index is 3.42. The normalized spacial score (nSPS) is 11.9. The van der Waals surface area contributed by atoms with Crippen molar-refractivity contribution >= 4 is 0 Å². The van der Waals surface area contributed by atoms with Gasteiger partial charge >= 0.3 is 0 Å². The maximum Gasteiger partial charge on any atom is 0.00920 e. The number of nitrogens with zero attached hydrogens (tertiary/aromatic N) is 1. The van der Waals surface area contributed by atoms with Crippen molar-refractivity contribution in [2.24, 2.45) is 0 Å². The van der Waals surface area contributed by atoms with Gasteiger partial charge in [-0.3, -0.25) is 0 Å². The minimum atomic E-state index is 0.830. The van der Waals surface area contributed by atoms with Crippen LogP contribution in [0.2, 0.25) is 0 Å².